The van der Waals surface area contributed by atoms with E-state index in [1.54, 1.807) is 29.7 Å². The average molecular weight is 1190 g/mol. The number of aliphatic hydroxyl groups is 1. The first-order valence-corrected chi connectivity index (χ1v) is 31.0. The fourth-order valence-electron chi connectivity index (χ4n) is 12.6. The second-order valence-corrected chi connectivity index (χ2v) is 26.2. The van der Waals surface area contributed by atoms with Gasteiger partial charge in [0.15, 0.2) is 5.82 Å². The smallest absolute Gasteiger partial charge is 0.301 e. The van der Waals surface area contributed by atoms with Crippen molar-refractivity contribution in [2.45, 2.75) is 90.6 Å². The highest BCUT2D eigenvalue weighted by Gasteiger charge is 2.48. The fourth-order valence-corrected chi connectivity index (χ4v) is 14.6. The second-order valence-electron chi connectivity index (χ2n) is 23.6. The maximum Gasteiger partial charge on any atom is 0.301 e. The number of aromatic amines is 1. The summed E-state index contributed by atoms with van der Waals surface area (Å²) in [6.45, 7) is 16.2. The number of halogens is 3. The van der Waals surface area contributed by atoms with Crippen molar-refractivity contribution < 1.29 is 45.6 Å². The minimum absolute atomic E-state index is 0.00283. The number of aliphatic hydroxyl groups excluding tert-OH is 1. The number of H-pyrrole nitrogens is 1. The number of carbonyl (C=O) groups is 3. The number of carbonyl (C=O) groups excluding carboxylic acids is 3. The van der Waals surface area contributed by atoms with Crippen molar-refractivity contribution in [3.05, 3.63) is 136 Å². The third-order valence-corrected chi connectivity index (χ3v) is 19.6. The van der Waals surface area contributed by atoms with Crippen LogP contribution >= 0.6 is 11.3 Å². The number of thiazole rings is 1. The number of pyridine rings is 1. The summed E-state index contributed by atoms with van der Waals surface area (Å²) < 4.78 is 79.4. The number of benzene rings is 3. The summed E-state index contributed by atoms with van der Waals surface area (Å²) >= 11 is 1.58. The van der Waals surface area contributed by atoms with E-state index in [0.717, 1.165) is 108 Å². The van der Waals surface area contributed by atoms with Crippen molar-refractivity contribution in [2.75, 3.05) is 81.6 Å². The number of piperazine rings is 1. The molecule has 444 valence electrons. The molecule has 18 nitrogen and oxygen atoms in total. The number of aromatic nitrogens is 4. The van der Waals surface area contributed by atoms with E-state index < -0.39 is 75.1 Å². The molecule has 2 amide bonds. The molecule has 23 heteroatoms. The van der Waals surface area contributed by atoms with Gasteiger partial charge in [-0.25, -0.2) is 23.1 Å². The predicted molar refractivity (Wildman–Crippen MR) is 315 cm³/mol. The van der Waals surface area contributed by atoms with Gasteiger partial charge in [-0.1, -0.05) is 55.4 Å². The number of ketones is 1. The first-order chi connectivity index (χ1) is 40.2. The molecule has 11 rings (SSSR count). The number of nitrogens with one attached hydrogen (secondary N) is 3. The number of aryl methyl sites for hydroxylation is 2. The SMILES string of the molecule is Cc1cc([C@H](C(=O)N2C[C@H](O)C[C@H]2C(=O)N[C@@H](C)c2ccc(-c3scnc3C)cc2)C(C)(C)CN2CCN(CC3CCN(c4ccc(-c5cnc6[nH]cc(C(=O)c7c(F)ccc(NS(=O)(=O)N8CC[C@@H](F)C8)c7F)c6c5)cc4)CC3)CC2)on1. The Balaban J connectivity index is 0.672. The second kappa shape index (κ2) is 24.2. The summed E-state index contributed by atoms with van der Waals surface area (Å²) in [5.74, 6) is -3.95. The predicted octanol–water partition coefficient (Wildman–Crippen LogP) is 8.65. The van der Waals surface area contributed by atoms with Gasteiger partial charge in [0, 0.05) is 119 Å². The number of alkyl halides is 1. The highest BCUT2D eigenvalue weighted by molar-refractivity contribution is 7.90. The van der Waals surface area contributed by atoms with Gasteiger partial charge in [0.2, 0.25) is 17.6 Å². The lowest BCUT2D eigenvalue weighted by atomic mass is 9.75. The van der Waals surface area contributed by atoms with Crippen molar-refractivity contribution >= 4 is 61.6 Å². The van der Waals surface area contributed by atoms with Gasteiger partial charge in [-0.05, 0) is 98.4 Å². The lowest BCUT2D eigenvalue weighted by molar-refractivity contribution is -0.143. The Kier molecular flexibility index (Phi) is 16.9. The van der Waals surface area contributed by atoms with E-state index in [0.29, 0.717) is 40.5 Å². The van der Waals surface area contributed by atoms with Crippen LogP contribution in [0.4, 0.5) is 24.5 Å². The Hall–Kier alpha value is -7.02. The largest absolute Gasteiger partial charge is 0.391 e. The van der Waals surface area contributed by atoms with E-state index >= 15 is 8.78 Å². The molecule has 84 heavy (non-hydrogen) atoms. The fraction of sp³-hybridized carbons (Fsp3) is 0.443. The minimum atomic E-state index is -4.37. The van der Waals surface area contributed by atoms with Crippen LogP contribution in [-0.2, 0) is 19.8 Å². The zero-order chi connectivity index (χ0) is 59.2. The quantitative estimate of drug-likeness (QED) is 0.0593. The van der Waals surface area contributed by atoms with E-state index in [9.17, 15) is 32.3 Å². The van der Waals surface area contributed by atoms with E-state index in [-0.39, 0.29) is 49.4 Å². The molecule has 4 saturated heterocycles. The van der Waals surface area contributed by atoms with Gasteiger partial charge in [0.1, 0.15) is 35.4 Å². The monoisotopic (exact) mass is 1190 g/mol. The number of anilines is 2. The molecule has 0 unspecified atom stereocenters. The summed E-state index contributed by atoms with van der Waals surface area (Å²) in [5.41, 5.74) is 6.04. The standard InChI is InChI=1S/C61H70F3N11O7S2/c1-36-26-52(82-69-36)54(60(79)75-33-46(76)28-51(75)59(78)68-37(2)40-6-8-42(9-7-40)57-38(3)67-35-83-57)61(4,5)34-72-24-22-71(23-25-72)31-39-16-19-73(20-17-39)45-12-10-41(11-13-45)43-27-47-48(30-66-58(47)65-29-43)56(77)53-49(63)14-15-50(55(53)64)70-84(80,81)74-21-18-44(62)32-74/h6-15,26-27,29-30,35,37,39,44,46,51,54,70,76H,16-25,28,31-34H2,1-5H3,(H,65,66)(H,68,78)/t37-,44+,46+,51-,54+/m0/s1. The minimum Gasteiger partial charge on any atom is -0.391 e. The van der Waals surface area contributed by atoms with Crippen LogP contribution in [-0.4, -0.2) is 161 Å². The van der Waals surface area contributed by atoms with Crippen molar-refractivity contribution in [3.63, 3.8) is 0 Å². The number of fused-ring (bicyclic) bond motifs is 1. The van der Waals surface area contributed by atoms with Gasteiger partial charge in [0.25, 0.3) is 0 Å². The third kappa shape index (κ3) is 12.4. The number of rotatable bonds is 18. The summed E-state index contributed by atoms with van der Waals surface area (Å²) in [5, 5.41) is 18.6. The molecule has 4 aliphatic rings. The molecule has 7 aromatic rings. The van der Waals surface area contributed by atoms with E-state index in [4.69, 9.17) is 4.52 Å². The van der Waals surface area contributed by atoms with E-state index in [2.05, 4.69) is 70.8 Å². The summed E-state index contributed by atoms with van der Waals surface area (Å²) in [4.78, 5) is 64.6. The molecule has 8 heterocycles. The Morgan fingerprint density at radius 1 is 0.881 bits per heavy atom. The van der Waals surface area contributed by atoms with Crippen LogP contribution in [0.3, 0.4) is 0 Å². The van der Waals surface area contributed by atoms with Gasteiger partial charge in [0.05, 0.1) is 45.2 Å². The number of likely N-dealkylation sites (tertiary alicyclic amines) is 1. The van der Waals surface area contributed by atoms with Crippen LogP contribution < -0.4 is 14.9 Å². The normalized spacial score (nSPS) is 20.4. The third-order valence-electron chi connectivity index (χ3n) is 17.2. The first-order valence-electron chi connectivity index (χ1n) is 28.6. The average Bonchev–Trinajstić information content (AvgIpc) is 2.52. The Morgan fingerprint density at radius 3 is 2.26 bits per heavy atom. The number of amides is 2. The molecular weight excluding hydrogens is 1120 g/mol. The molecular formula is C61H70F3N11O7S2. The number of hydrogen-bond donors (Lipinski definition) is 4. The van der Waals surface area contributed by atoms with Crippen LogP contribution in [0.25, 0.3) is 32.6 Å². The molecule has 4 N–H and O–H groups in total. The molecule has 0 aliphatic carbocycles. The Labute approximate surface area is 490 Å². The van der Waals surface area contributed by atoms with E-state index in [1.807, 2.05) is 62.7 Å². The van der Waals surface area contributed by atoms with Crippen LogP contribution in [0, 0.1) is 36.8 Å². The summed E-state index contributed by atoms with van der Waals surface area (Å²) in [7, 11) is -4.37. The molecule has 4 aromatic heterocycles. The Bertz CT molecular complexity index is 3650. The number of β-amino-alcohol motifs (C(OH)–C–C–N with tert-alkyl or cyclic N) is 1. The zero-order valence-electron chi connectivity index (χ0n) is 47.7. The molecule has 5 atom stereocenters. The van der Waals surface area contributed by atoms with Crippen LogP contribution in [0.2, 0.25) is 0 Å². The molecule has 0 radical (unpaired) electrons. The van der Waals surface area contributed by atoms with Crippen molar-refractivity contribution in [1.82, 2.24) is 44.4 Å². The van der Waals surface area contributed by atoms with Gasteiger partial charge in [-0.15, -0.1) is 11.3 Å². The number of hydrogen-bond acceptors (Lipinski definition) is 14. The highest BCUT2D eigenvalue weighted by atomic mass is 32.2. The number of piperidine rings is 1. The van der Waals surface area contributed by atoms with Crippen molar-refractivity contribution in [3.8, 4) is 21.6 Å². The van der Waals surface area contributed by atoms with Gasteiger partial charge in [-0.2, -0.15) is 12.7 Å². The molecule has 0 spiro atoms. The molecule has 0 bridgehead atoms. The molecule has 3 aromatic carbocycles. The zero-order valence-corrected chi connectivity index (χ0v) is 49.3. The van der Waals surface area contributed by atoms with Gasteiger partial charge in [-0.3, -0.25) is 19.1 Å². The van der Waals surface area contributed by atoms with Crippen molar-refractivity contribution in [2.24, 2.45) is 11.3 Å². The molecule has 4 fully saturated rings. The summed E-state index contributed by atoms with van der Waals surface area (Å²) in [6.07, 6.45) is 2.94. The van der Waals surface area contributed by atoms with Crippen LogP contribution in [0.5, 0.6) is 0 Å². The number of nitrogens with zero attached hydrogens (tertiary/aromatic N) is 8. The van der Waals surface area contributed by atoms with E-state index in [1.165, 1.54) is 11.1 Å². The van der Waals surface area contributed by atoms with Crippen LogP contribution in [0.1, 0.15) is 97.0 Å². The maximum atomic E-state index is 15.9. The van der Waals surface area contributed by atoms with Crippen LogP contribution in [0.15, 0.2) is 95.2 Å². The summed E-state index contributed by atoms with van der Waals surface area (Å²) in [6, 6.07) is 20.1. The highest BCUT2D eigenvalue weighted by Crippen LogP contribution is 2.41. The molecule has 0 saturated carbocycles. The first kappa shape index (κ1) is 58.7. The molecule has 4 aliphatic heterocycles. The maximum absolute atomic E-state index is 15.9. The lowest BCUT2D eigenvalue weighted by Gasteiger charge is -2.43. The topological polar surface area (TPSA) is 213 Å². The van der Waals surface area contributed by atoms with Crippen molar-refractivity contribution in [1.29, 1.82) is 0 Å². The lowest BCUT2D eigenvalue weighted by Crippen LogP contribution is -2.54. The van der Waals surface area contributed by atoms with Gasteiger partial charge < -0.3 is 39.5 Å². The van der Waals surface area contributed by atoms with Gasteiger partial charge >= 0.3 is 10.2 Å². The Morgan fingerprint density at radius 2 is 1.60 bits per heavy atom.